The molecule has 0 aliphatic carbocycles. The average Bonchev–Trinajstić information content (AvgIpc) is 2.71. The summed E-state index contributed by atoms with van der Waals surface area (Å²) in [6.07, 6.45) is 1.86. The van der Waals surface area contributed by atoms with Gasteiger partial charge in [-0.05, 0) is 35.0 Å². The molecule has 5 heteroatoms. The fourth-order valence-electron chi connectivity index (χ4n) is 1.23. The second-order valence-corrected chi connectivity index (χ2v) is 5.36. The molecule has 0 aliphatic heterocycles. The number of rotatable bonds is 2. The third-order valence-electron chi connectivity index (χ3n) is 1.92. The minimum atomic E-state index is 0.737. The van der Waals surface area contributed by atoms with Crippen molar-refractivity contribution < 1.29 is 0 Å². The Morgan fingerprint density at radius 2 is 2.36 bits per heavy atom. The molecule has 3 nitrogen and oxygen atoms in total. The van der Waals surface area contributed by atoms with Crippen LogP contribution < -0.4 is 5.73 Å². The first kappa shape index (κ1) is 9.73. The van der Waals surface area contributed by atoms with E-state index in [1.165, 1.54) is 0 Å². The van der Waals surface area contributed by atoms with Crippen LogP contribution in [0.15, 0.2) is 22.1 Å². The Hall–Kier alpha value is -0.810. The van der Waals surface area contributed by atoms with Gasteiger partial charge in [0.1, 0.15) is 5.69 Å². The van der Waals surface area contributed by atoms with Gasteiger partial charge in [-0.25, -0.2) is 0 Å². The van der Waals surface area contributed by atoms with Crippen molar-refractivity contribution in [3.8, 4) is 10.6 Å². The van der Waals surface area contributed by atoms with Gasteiger partial charge in [0.25, 0.3) is 0 Å². The van der Waals surface area contributed by atoms with Crippen LogP contribution >= 0.6 is 27.3 Å². The zero-order valence-corrected chi connectivity index (χ0v) is 10.1. The summed E-state index contributed by atoms with van der Waals surface area (Å²) >= 11 is 5.06. The number of halogens is 1. The summed E-state index contributed by atoms with van der Waals surface area (Å²) in [5.74, 6) is 0. The summed E-state index contributed by atoms with van der Waals surface area (Å²) in [4.78, 5) is 1.10. The van der Waals surface area contributed by atoms with Crippen molar-refractivity contribution in [3.05, 3.63) is 22.1 Å². The maximum Gasteiger partial charge on any atom is 0.125 e. The summed E-state index contributed by atoms with van der Waals surface area (Å²) in [7, 11) is 0. The highest BCUT2D eigenvalue weighted by Gasteiger charge is 2.09. The molecule has 2 aromatic heterocycles. The van der Waals surface area contributed by atoms with Crippen LogP contribution in [0.25, 0.3) is 10.6 Å². The summed E-state index contributed by atoms with van der Waals surface area (Å²) in [6.45, 7) is 2.89. The van der Waals surface area contributed by atoms with Crippen molar-refractivity contribution in [1.29, 1.82) is 0 Å². The SMILES string of the molecule is CCn1cc(N)c(-c2ccc(Br)s2)n1. The number of aryl methyl sites for hydroxylation is 1. The number of nitrogen functional groups attached to an aromatic ring is 1. The first-order chi connectivity index (χ1) is 6.70. The fourth-order valence-corrected chi connectivity index (χ4v) is 2.62. The van der Waals surface area contributed by atoms with E-state index in [1.54, 1.807) is 11.3 Å². The highest BCUT2D eigenvalue weighted by atomic mass is 79.9. The van der Waals surface area contributed by atoms with Crippen molar-refractivity contribution in [1.82, 2.24) is 9.78 Å². The first-order valence-electron chi connectivity index (χ1n) is 4.29. The molecular weight excluding hydrogens is 262 g/mol. The molecule has 0 aliphatic rings. The molecule has 0 amide bonds. The van der Waals surface area contributed by atoms with Gasteiger partial charge in [-0.15, -0.1) is 11.3 Å². The van der Waals surface area contributed by atoms with Crippen LogP contribution in [0.2, 0.25) is 0 Å². The lowest BCUT2D eigenvalue weighted by Gasteiger charge is -1.92. The minimum absolute atomic E-state index is 0.737. The Bertz CT molecular complexity index is 447. The lowest BCUT2D eigenvalue weighted by Crippen LogP contribution is -1.93. The predicted molar refractivity (Wildman–Crippen MR) is 63.3 cm³/mol. The zero-order chi connectivity index (χ0) is 10.1. The van der Waals surface area contributed by atoms with Crippen molar-refractivity contribution >= 4 is 33.0 Å². The molecule has 2 heterocycles. The van der Waals surface area contributed by atoms with Crippen molar-refractivity contribution in [3.63, 3.8) is 0 Å². The average molecular weight is 272 g/mol. The molecule has 0 atom stereocenters. The maximum absolute atomic E-state index is 5.87. The predicted octanol–water partition coefficient (Wildman–Crippen LogP) is 2.98. The van der Waals surface area contributed by atoms with E-state index in [0.717, 1.165) is 26.6 Å². The van der Waals surface area contributed by atoms with E-state index in [9.17, 15) is 0 Å². The van der Waals surface area contributed by atoms with Gasteiger partial charge in [-0.3, -0.25) is 4.68 Å². The van der Waals surface area contributed by atoms with E-state index >= 15 is 0 Å². The van der Waals surface area contributed by atoms with Crippen LogP contribution in [0, 0.1) is 0 Å². The number of hydrogen-bond donors (Lipinski definition) is 1. The monoisotopic (exact) mass is 271 g/mol. The van der Waals surface area contributed by atoms with Crippen molar-refractivity contribution in [2.24, 2.45) is 0 Å². The molecule has 2 aromatic rings. The summed E-state index contributed by atoms with van der Waals surface area (Å²) < 4.78 is 2.94. The zero-order valence-electron chi connectivity index (χ0n) is 7.70. The third-order valence-corrected chi connectivity index (χ3v) is 3.55. The van der Waals surface area contributed by atoms with E-state index in [2.05, 4.69) is 21.0 Å². The fraction of sp³-hybridized carbons (Fsp3) is 0.222. The Morgan fingerprint density at radius 3 is 2.86 bits per heavy atom. The first-order valence-corrected chi connectivity index (χ1v) is 5.90. The smallest absolute Gasteiger partial charge is 0.125 e. The van der Waals surface area contributed by atoms with Gasteiger partial charge in [0, 0.05) is 12.7 Å². The second-order valence-electron chi connectivity index (χ2n) is 2.89. The molecule has 2 rings (SSSR count). The molecule has 0 radical (unpaired) electrons. The molecule has 2 N–H and O–H groups in total. The number of thiophene rings is 1. The van der Waals surface area contributed by atoms with E-state index in [4.69, 9.17) is 5.73 Å². The lowest BCUT2D eigenvalue weighted by atomic mass is 10.3. The quantitative estimate of drug-likeness (QED) is 0.913. The van der Waals surface area contributed by atoms with Crippen LogP contribution in [0.5, 0.6) is 0 Å². The summed E-state index contributed by atoms with van der Waals surface area (Å²) in [6, 6.07) is 4.03. The van der Waals surface area contributed by atoms with Crippen molar-refractivity contribution in [2.75, 3.05) is 5.73 Å². The van der Waals surface area contributed by atoms with Gasteiger partial charge in [0.2, 0.25) is 0 Å². The Kier molecular flexibility index (Phi) is 2.60. The van der Waals surface area contributed by atoms with Crippen LogP contribution in [0.3, 0.4) is 0 Å². The van der Waals surface area contributed by atoms with Gasteiger partial charge in [0.15, 0.2) is 0 Å². The molecule has 0 unspecified atom stereocenters. The highest BCUT2D eigenvalue weighted by Crippen LogP contribution is 2.33. The Labute approximate surface area is 94.7 Å². The Morgan fingerprint density at radius 1 is 1.57 bits per heavy atom. The van der Waals surface area contributed by atoms with Gasteiger partial charge < -0.3 is 5.73 Å². The molecule has 0 bridgehead atoms. The molecule has 14 heavy (non-hydrogen) atoms. The molecule has 0 fully saturated rings. The standard InChI is InChI=1S/C9H10BrN3S/c1-2-13-5-6(11)9(12-13)7-3-4-8(10)14-7/h3-5H,2,11H2,1H3. The van der Waals surface area contributed by atoms with Crippen molar-refractivity contribution in [2.45, 2.75) is 13.5 Å². The molecule has 0 aromatic carbocycles. The van der Waals surface area contributed by atoms with Gasteiger partial charge in [-0.1, -0.05) is 0 Å². The number of nitrogens with two attached hydrogens (primary N) is 1. The van der Waals surface area contributed by atoms with Crippen LogP contribution in [0.4, 0.5) is 5.69 Å². The van der Waals surface area contributed by atoms with E-state index in [0.29, 0.717) is 0 Å². The number of anilines is 1. The molecule has 0 saturated heterocycles. The molecular formula is C9H10BrN3S. The normalized spacial score (nSPS) is 10.7. The number of aromatic nitrogens is 2. The van der Waals surface area contributed by atoms with E-state index in [1.807, 2.05) is 29.9 Å². The van der Waals surface area contributed by atoms with Crippen LogP contribution in [0.1, 0.15) is 6.92 Å². The molecule has 0 spiro atoms. The second kappa shape index (κ2) is 3.74. The van der Waals surface area contributed by atoms with Gasteiger partial charge >= 0.3 is 0 Å². The van der Waals surface area contributed by atoms with E-state index in [-0.39, 0.29) is 0 Å². The largest absolute Gasteiger partial charge is 0.396 e. The lowest BCUT2D eigenvalue weighted by molar-refractivity contribution is 0.662. The summed E-state index contributed by atoms with van der Waals surface area (Å²) in [5, 5.41) is 4.39. The molecule has 0 saturated carbocycles. The van der Waals surface area contributed by atoms with Gasteiger partial charge in [0.05, 0.1) is 14.4 Å². The summed E-state index contributed by atoms with van der Waals surface area (Å²) in [5.41, 5.74) is 7.48. The highest BCUT2D eigenvalue weighted by molar-refractivity contribution is 9.11. The van der Waals surface area contributed by atoms with Crippen LogP contribution in [-0.2, 0) is 6.54 Å². The topological polar surface area (TPSA) is 43.8 Å². The number of nitrogens with zero attached hydrogens (tertiary/aromatic N) is 2. The number of hydrogen-bond acceptors (Lipinski definition) is 3. The minimum Gasteiger partial charge on any atom is -0.396 e. The van der Waals surface area contributed by atoms with Crippen LogP contribution in [-0.4, -0.2) is 9.78 Å². The third kappa shape index (κ3) is 1.69. The maximum atomic E-state index is 5.87. The Balaban J connectivity index is 2.45. The van der Waals surface area contributed by atoms with E-state index < -0.39 is 0 Å². The molecule has 74 valence electrons. The van der Waals surface area contributed by atoms with Gasteiger partial charge in [-0.2, -0.15) is 5.10 Å².